The number of rotatable bonds is 5. The van der Waals surface area contributed by atoms with Gasteiger partial charge in [0.1, 0.15) is 0 Å². The Morgan fingerprint density at radius 1 is 1.17 bits per heavy atom. The molecular weight excluding hydrogens is 150 g/mol. The topological polar surface area (TPSA) is 35.2 Å². The van der Waals surface area contributed by atoms with Crippen molar-refractivity contribution in [2.24, 2.45) is 5.73 Å². The van der Waals surface area contributed by atoms with E-state index in [0.717, 1.165) is 19.3 Å². The van der Waals surface area contributed by atoms with Crippen molar-refractivity contribution >= 4 is 0 Å². The highest BCUT2D eigenvalue weighted by atomic mass is 16.5. The van der Waals surface area contributed by atoms with Crippen LogP contribution in [0, 0.1) is 0 Å². The number of ether oxygens (including phenoxy) is 1. The van der Waals surface area contributed by atoms with Gasteiger partial charge < -0.3 is 10.5 Å². The Balaban J connectivity index is 4.20. The van der Waals surface area contributed by atoms with Gasteiger partial charge in [0.25, 0.3) is 0 Å². The van der Waals surface area contributed by atoms with Crippen molar-refractivity contribution in [3.8, 4) is 0 Å². The maximum absolute atomic E-state index is 6.07. The maximum Gasteiger partial charge on any atom is 0.0665 e. The summed E-state index contributed by atoms with van der Waals surface area (Å²) < 4.78 is 5.44. The van der Waals surface area contributed by atoms with E-state index in [4.69, 9.17) is 10.5 Å². The second kappa shape index (κ2) is 4.24. The van der Waals surface area contributed by atoms with Crippen LogP contribution >= 0.6 is 0 Å². The Kier molecular flexibility index (Phi) is 4.21. The molecule has 0 radical (unpaired) electrons. The summed E-state index contributed by atoms with van der Waals surface area (Å²) in [5, 5.41) is 0. The van der Waals surface area contributed by atoms with Crippen LogP contribution in [0.3, 0.4) is 0 Å². The fourth-order valence-electron chi connectivity index (χ4n) is 1.32. The van der Waals surface area contributed by atoms with Crippen LogP contribution in [-0.4, -0.2) is 18.2 Å². The Hall–Kier alpha value is -0.0800. The van der Waals surface area contributed by atoms with Gasteiger partial charge in [0.15, 0.2) is 0 Å². The molecule has 0 spiro atoms. The van der Waals surface area contributed by atoms with E-state index in [1.807, 2.05) is 0 Å². The summed E-state index contributed by atoms with van der Waals surface area (Å²) >= 11 is 0. The monoisotopic (exact) mass is 173 g/mol. The Bertz CT molecular complexity index is 128. The van der Waals surface area contributed by atoms with Gasteiger partial charge in [-0.05, 0) is 33.1 Å². The Labute approximate surface area is 76.5 Å². The van der Waals surface area contributed by atoms with E-state index in [9.17, 15) is 0 Å². The predicted molar refractivity (Wildman–Crippen MR) is 53.2 cm³/mol. The standard InChI is InChI=1S/C10H23NO/c1-6-9(3,11)8-10(4,7-2)12-5/h6-8,11H2,1-5H3. The van der Waals surface area contributed by atoms with E-state index in [1.54, 1.807) is 7.11 Å². The Morgan fingerprint density at radius 2 is 1.67 bits per heavy atom. The van der Waals surface area contributed by atoms with Crippen LogP contribution in [-0.2, 0) is 4.74 Å². The van der Waals surface area contributed by atoms with E-state index < -0.39 is 0 Å². The van der Waals surface area contributed by atoms with E-state index in [-0.39, 0.29) is 11.1 Å². The molecule has 0 fully saturated rings. The van der Waals surface area contributed by atoms with Crippen molar-refractivity contribution in [1.29, 1.82) is 0 Å². The van der Waals surface area contributed by atoms with Gasteiger partial charge in [-0.15, -0.1) is 0 Å². The van der Waals surface area contributed by atoms with Crippen LogP contribution < -0.4 is 5.73 Å². The molecule has 2 atom stereocenters. The fraction of sp³-hybridized carbons (Fsp3) is 1.00. The molecule has 0 aliphatic rings. The second-order valence-corrected chi connectivity index (χ2v) is 4.19. The minimum atomic E-state index is -0.0965. The molecule has 74 valence electrons. The van der Waals surface area contributed by atoms with E-state index >= 15 is 0 Å². The lowest BCUT2D eigenvalue weighted by Crippen LogP contribution is -2.44. The molecule has 2 heteroatoms. The largest absolute Gasteiger partial charge is 0.378 e. The first kappa shape index (κ1) is 11.9. The highest BCUT2D eigenvalue weighted by Gasteiger charge is 2.30. The number of methoxy groups -OCH3 is 1. The molecule has 0 aromatic carbocycles. The lowest BCUT2D eigenvalue weighted by molar-refractivity contribution is -0.0200. The first-order valence-electron chi connectivity index (χ1n) is 4.73. The first-order chi connectivity index (χ1) is 5.39. The molecule has 0 bridgehead atoms. The molecule has 0 amide bonds. The molecule has 0 heterocycles. The third-order valence-electron chi connectivity index (χ3n) is 2.83. The zero-order valence-electron chi connectivity index (χ0n) is 9.11. The molecule has 2 N–H and O–H groups in total. The van der Waals surface area contributed by atoms with Crippen molar-refractivity contribution in [1.82, 2.24) is 0 Å². The molecule has 0 aliphatic heterocycles. The molecule has 0 aromatic heterocycles. The summed E-state index contributed by atoms with van der Waals surface area (Å²) in [5.41, 5.74) is 5.92. The average molecular weight is 173 g/mol. The summed E-state index contributed by atoms with van der Waals surface area (Å²) in [6.45, 7) is 8.45. The number of hydrogen-bond donors (Lipinski definition) is 1. The van der Waals surface area contributed by atoms with E-state index in [0.29, 0.717) is 0 Å². The molecule has 0 saturated carbocycles. The molecule has 0 rings (SSSR count). The molecule has 0 aliphatic carbocycles. The minimum Gasteiger partial charge on any atom is -0.378 e. The van der Waals surface area contributed by atoms with Crippen LogP contribution in [0.15, 0.2) is 0 Å². The Morgan fingerprint density at radius 3 is 1.92 bits per heavy atom. The summed E-state index contributed by atoms with van der Waals surface area (Å²) in [6, 6.07) is 0. The van der Waals surface area contributed by atoms with Gasteiger partial charge in [-0.25, -0.2) is 0 Å². The quantitative estimate of drug-likeness (QED) is 0.692. The normalized spacial score (nSPS) is 21.5. The smallest absolute Gasteiger partial charge is 0.0665 e. The van der Waals surface area contributed by atoms with Crippen molar-refractivity contribution in [2.75, 3.05) is 7.11 Å². The summed E-state index contributed by atoms with van der Waals surface area (Å²) in [7, 11) is 1.76. The van der Waals surface area contributed by atoms with Gasteiger partial charge in [0, 0.05) is 12.6 Å². The highest BCUT2D eigenvalue weighted by Crippen LogP contribution is 2.26. The summed E-state index contributed by atoms with van der Waals surface area (Å²) in [5.74, 6) is 0. The van der Waals surface area contributed by atoms with Crippen molar-refractivity contribution in [3.63, 3.8) is 0 Å². The van der Waals surface area contributed by atoms with E-state index in [1.165, 1.54) is 0 Å². The first-order valence-corrected chi connectivity index (χ1v) is 4.73. The SMILES string of the molecule is CCC(C)(N)CC(C)(CC)OC. The molecule has 0 saturated heterocycles. The lowest BCUT2D eigenvalue weighted by atomic mass is 9.84. The number of nitrogens with two attached hydrogens (primary N) is 1. The van der Waals surface area contributed by atoms with E-state index in [2.05, 4.69) is 27.7 Å². The van der Waals surface area contributed by atoms with Crippen LogP contribution in [0.1, 0.15) is 47.0 Å². The zero-order valence-corrected chi connectivity index (χ0v) is 9.11. The highest BCUT2D eigenvalue weighted by molar-refractivity contribution is 4.87. The lowest BCUT2D eigenvalue weighted by Gasteiger charge is -2.35. The van der Waals surface area contributed by atoms with Crippen LogP contribution in [0.4, 0.5) is 0 Å². The molecule has 0 aromatic rings. The second-order valence-electron chi connectivity index (χ2n) is 4.19. The van der Waals surface area contributed by atoms with Gasteiger partial charge in [-0.1, -0.05) is 13.8 Å². The molecule has 2 nitrogen and oxygen atoms in total. The minimum absolute atomic E-state index is 0.0560. The van der Waals surface area contributed by atoms with Crippen molar-refractivity contribution < 1.29 is 4.74 Å². The molecule has 12 heavy (non-hydrogen) atoms. The van der Waals surface area contributed by atoms with Gasteiger partial charge in [-0.3, -0.25) is 0 Å². The average Bonchev–Trinajstić information content (AvgIpc) is 2.04. The van der Waals surface area contributed by atoms with Crippen LogP contribution in [0.25, 0.3) is 0 Å². The van der Waals surface area contributed by atoms with Crippen molar-refractivity contribution in [2.45, 2.75) is 58.1 Å². The summed E-state index contributed by atoms with van der Waals surface area (Å²) in [4.78, 5) is 0. The molecule has 2 unspecified atom stereocenters. The van der Waals surface area contributed by atoms with Crippen molar-refractivity contribution in [3.05, 3.63) is 0 Å². The van der Waals surface area contributed by atoms with Crippen LogP contribution in [0.5, 0.6) is 0 Å². The summed E-state index contributed by atoms with van der Waals surface area (Å²) in [6.07, 6.45) is 2.92. The van der Waals surface area contributed by atoms with Gasteiger partial charge in [0.05, 0.1) is 5.60 Å². The third kappa shape index (κ3) is 3.55. The van der Waals surface area contributed by atoms with Gasteiger partial charge >= 0.3 is 0 Å². The zero-order chi connectivity index (χ0) is 9.83. The van der Waals surface area contributed by atoms with Gasteiger partial charge in [-0.2, -0.15) is 0 Å². The van der Waals surface area contributed by atoms with Gasteiger partial charge in [0.2, 0.25) is 0 Å². The van der Waals surface area contributed by atoms with Crippen LogP contribution in [0.2, 0.25) is 0 Å². The maximum atomic E-state index is 6.07. The third-order valence-corrected chi connectivity index (χ3v) is 2.83. The number of hydrogen-bond acceptors (Lipinski definition) is 2. The predicted octanol–water partition coefficient (Wildman–Crippen LogP) is 2.32. The fourth-order valence-corrected chi connectivity index (χ4v) is 1.32. The molecular formula is C10H23NO.